The number of rotatable bonds is 3. The first kappa shape index (κ1) is 13.5. The maximum absolute atomic E-state index is 13.3. The number of halogens is 1. The largest absolute Gasteiger partial charge is 0.396 e. The molecule has 100 valence electrons. The summed E-state index contributed by atoms with van der Waals surface area (Å²) >= 11 is 1.49. The Morgan fingerprint density at radius 2 is 2.26 bits per heavy atom. The van der Waals surface area contributed by atoms with Crippen molar-refractivity contribution in [2.45, 2.75) is 13.5 Å². The van der Waals surface area contributed by atoms with Gasteiger partial charge in [0.05, 0.1) is 29.0 Å². The summed E-state index contributed by atoms with van der Waals surface area (Å²) in [5, 5.41) is 0. The zero-order chi connectivity index (χ0) is 14.0. The predicted molar refractivity (Wildman–Crippen MR) is 73.5 cm³/mol. The summed E-state index contributed by atoms with van der Waals surface area (Å²) in [6.07, 6.45) is 0. The molecule has 0 atom stereocenters. The molecule has 6 heteroatoms. The molecule has 0 aliphatic carbocycles. The van der Waals surface area contributed by atoms with E-state index in [1.165, 1.54) is 34.4 Å². The number of hydrogen-bond donors (Lipinski definition) is 1. The van der Waals surface area contributed by atoms with Crippen LogP contribution in [0.5, 0.6) is 0 Å². The molecule has 0 aliphatic rings. The van der Waals surface area contributed by atoms with Crippen LogP contribution in [0, 0.1) is 12.7 Å². The first-order chi connectivity index (χ1) is 9.00. The molecule has 1 aromatic carbocycles. The summed E-state index contributed by atoms with van der Waals surface area (Å²) in [5.41, 5.74) is 8.30. The molecule has 2 rings (SSSR count). The summed E-state index contributed by atoms with van der Waals surface area (Å²) in [6.45, 7) is 2.33. The van der Waals surface area contributed by atoms with Crippen molar-refractivity contribution in [1.29, 1.82) is 0 Å². The van der Waals surface area contributed by atoms with E-state index in [1.807, 2.05) is 6.92 Å². The zero-order valence-electron chi connectivity index (χ0n) is 10.7. The van der Waals surface area contributed by atoms with Gasteiger partial charge in [0.1, 0.15) is 5.82 Å². The molecular weight excluding hydrogens is 265 g/mol. The van der Waals surface area contributed by atoms with Gasteiger partial charge in [-0.25, -0.2) is 9.37 Å². The fraction of sp³-hybridized carbons (Fsp3) is 0.231. The minimum atomic E-state index is -0.576. The van der Waals surface area contributed by atoms with Crippen LogP contribution >= 0.6 is 11.3 Å². The molecule has 1 heterocycles. The van der Waals surface area contributed by atoms with Gasteiger partial charge in [-0.15, -0.1) is 11.3 Å². The number of para-hydroxylation sites is 1. The Labute approximate surface area is 114 Å². The van der Waals surface area contributed by atoms with Gasteiger partial charge >= 0.3 is 0 Å². The Morgan fingerprint density at radius 3 is 2.89 bits per heavy atom. The van der Waals surface area contributed by atoms with E-state index in [1.54, 1.807) is 12.6 Å². The van der Waals surface area contributed by atoms with Crippen molar-refractivity contribution in [3.05, 3.63) is 45.7 Å². The van der Waals surface area contributed by atoms with E-state index in [0.717, 1.165) is 10.6 Å². The monoisotopic (exact) mass is 279 g/mol. The van der Waals surface area contributed by atoms with Crippen molar-refractivity contribution in [3.63, 3.8) is 0 Å². The lowest BCUT2D eigenvalue weighted by Gasteiger charge is -2.17. The summed E-state index contributed by atoms with van der Waals surface area (Å²) in [6, 6.07) is 4.24. The number of aryl methyl sites for hydroxylation is 1. The smallest absolute Gasteiger partial charge is 0.256 e. The molecule has 4 nitrogen and oxygen atoms in total. The van der Waals surface area contributed by atoms with Crippen LogP contribution < -0.4 is 5.73 Å². The van der Waals surface area contributed by atoms with Gasteiger partial charge in [0.15, 0.2) is 0 Å². The number of anilines is 1. The topological polar surface area (TPSA) is 59.2 Å². The maximum Gasteiger partial charge on any atom is 0.256 e. The summed E-state index contributed by atoms with van der Waals surface area (Å²) in [7, 11) is 1.66. The number of nitrogens with two attached hydrogens (primary N) is 1. The molecule has 0 saturated heterocycles. The van der Waals surface area contributed by atoms with Crippen LogP contribution in [-0.4, -0.2) is 22.8 Å². The lowest BCUT2D eigenvalue weighted by Crippen LogP contribution is -2.27. The fourth-order valence-corrected chi connectivity index (χ4v) is 2.52. The molecule has 0 saturated carbocycles. The molecule has 0 bridgehead atoms. The molecule has 1 amide bonds. The minimum Gasteiger partial charge on any atom is -0.396 e. The van der Waals surface area contributed by atoms with Crippen LogP contribution in [0.3, 0.4) is 0 Å². The van der Waals surface area contributed by atoms with Crippen molar-refractivity contribution < 1.29 is 9.18 Å². The Bertz CT molecular complexity index is 612. The third kappa shape index (κ3) is 2.73. The third-order valence-electron chi connectivity index (χ3n) is 2.86. The maximum atomic E-state index is 13.3. The highest BCUT2D eigenvalue weighted by Crippen LogP contribution is 2.20. The second kappa shape index (κ2) is 5.36. The highest BCUT2D eigenvalue weighted by Gasteiger charge is 2.18. The minimum absolute atomic E-state index is 0.111. The SMILES string of the molecule is Cc1ncsc1CN(C)C(=O)c1cccc(F)c1N. The van der Waals surface area contributed by atoms with Crippen molar-refractivity contribution >= 4 is 22.9 Å². The Morgan fingerprint density at radius 1 is 1.53 bits per heavy atom. The van der Waals surface area contributed by atoms with Gasteiger partial charge in [0.25, 0.3) is 5.91 Å². The van der Waals surface area contributed by atoms with Gasteiger partial charge in [-0.05, 0) is 19.1 Å². The number of hydrogen-bond acceptors (Lipinski definition) is 4. The van der Waals surface area contributed by atoms with Gasteiger partial charge < -0.3 is 10.6 Å². The standard InChI is InChI=1S/C13H14FN3OS/c1-8-11(19-7-16-8)6-17(2)13(18)9-4-3-5-10(14)12(9)15/h3-5,7H,6,15H2,1-2H3. The summed E-state index contributed by atoms with van der Waals surface area (Å²) in [5.74, 6) is -0.877. The Hall–Kier alpha value is -1.95. The van der Waals surface area contributed by atoms with E-state index in [4.69, 9.17) is 5.73 Å². The molecule has 0 aliphatic heterocycles. The van der Waals surface area contributed by atoms with Gasteiger partial charge in [-0.1, -0.05) is 6.07 Å². The quantitative estimate of drug-likeness (QED) is 0.878. The number of carbonyl (C=O) groups excluding carboxylic acids is 1. The number of nitrogen functional groups attached to an aromatic ring is 1. The van der Waals surface area contributed by atoms with E-state index < -0.39 is 5.82 Å². The third-order valence-corrected chi connectivity index (χ3v) is 3.78. The number of amides is 1. The van der Waals surface area contributed by atoms with Gasteiger partial charge in [0, 0.05) is 11.9 Å². The molecule has 0 unspecified atom stereocenters. The molecule has 0 radical (unpaired) electrons. The number of nitrogens with zero attached hydrogens (tertiary/aromatic N) is 2. The molecule has 0 fully saturated rings. The van der Waals surface area contributed by atoms with Gasteiger partial charge in [-0.2, -0.15) is 0 Å². The van der Waals surface area contributed by atoms with E-state index in [0.29, 0.717) is 6.54 Å². The lowest BCUT2D eigenvalue weighted by molar-refractivity contribution is 0.0787. The summed E-state index contributed by atoms with van der Waals surface area (Å²) < 4.78 is 13.3. The van der Waals surface area contributed by atoms with E-state index in [9.17, 15) is 9.18 Å². The second-order valence-electron chi connectivity index (χ2n) is 4.22. The molecule has 2 aromatic rings. The molecule has 19 heavy (non-hydrogen) atoms. The highest BCUT2D eigenvalue weighted by atomic mass is 32.1. The van der Waals surface area contributed by atoms with Crippen LogP contribution in [0.15, 0.2) is 23.7 Å². The molecule has 0 spiro atoms. The average molecular weight is 279 g/mol. The van der Waals surface area contributed by atoms with Crippen LogP contribution in [0.4, 0.5) is 10.1 Å². The normalized spacial score (nSPS) is 10.5. The van der Waals surface area contributed by atoms with Crippen LogP contribution in [-0.2, 0) is 6.54 Å². The number of benzene rings is 1. The van der Waals surface area contributed by atoms with Crippen LogP contribution in [0.25, 0.3) is 0 Å². The Balaban J connectivity index is 2.20. The highest BCUT2D eigenvalue weighted by molar-refractivity contribution is 7.09. The van der Waals surface area contributed by atoms with Crippen molar-refractivity contribution in [3.8, 4) is 0 Å². The van der Waals surface area contributed by atoms with Crippen molar-refractivity contribution in [1.82, 2.24) is 9.88 Å². The predicted octanol–water partition coefficient (Wildman–Crippen LogP) is 2.45. The molecule has 2 N–H and O–H groups in total. The van der Waals surface area contributed by atoms with Crippen molar-refractivity contribution in [2.75, 3.05) is 12.8 Å². The molecule has 1 aromatic heterocycles. The second-order valence-corrected chi connectivity index (χ2v) is 5.16. The fourth-order valence-electron chi connectivity index (χ4n) is 1.69. The lowest BCUT2D eigenvalue weighted by atomic mass is 10.1. The average Bonchev–Trinajstić information content (AvgIpc) is 2.77. The van der Waals surface area contributed by atoms with Gasteiger partial charge in [0.2, 0.25) is 0 Å². The first-order valence-corrected chi connectivity index (χ1v) is 6.57. The first-order valence-electron chi connectivity index (χ1n) is 5.69. The van der Waals surface area contributed by atoms with E-state index in [2.05, 4.69) is 4.98 Å². The number of thiazole rings is 1. The number of carbonyl (C=O) groups is 1. The van der Waals surface area contributed by atoms with E-state index >= 15 is 0 Å². The molecular formula is C13H14FN3OS. The van der Waals surface area contributed by atoms with Crippen molar-refractivity contribution in [2.24, 2.45) is 0 Å². The number of aromatic nitrogens is 1. The summed E-state index contributed by atoms with van der Waals surface area (Å²) in [4.78, 5) is 18.9. The van der Waals surface area contributed by atoms with Crippen LogP contribution in [0.1, 0.15) is 20.9 Å². The zero-order valence-corrected chi connectivity index (χ0v) is 11.5. The Kier molecular flexibility index (Phi) is 3.80. The van der Waals surface area contributed by atoms with Crippen LogP contribution in [0.2, 0.25) is 0 Å². The van der Waals surface area contributed by atoms with E-state index in [-0.39, 0.29) is 17.2 Å². The van der Waals surface area contributed by atoms with Gasteiger partial charge in [-0.3, -0.25) is 4.79 Å².